The highest BCUT2D eigenvalue weighted by Crippen LogP contribution is 2.42. The van der Waals surface area contributed by atoms with Gasteiger partial charge in [0.2, 0.25) is 0 Å². The Kier molecular flexibility index (Phi) is 4.76. The van der Waals surface area contributed by atoms with Gasteiger partial charge in [0.05, 0.1) is 0 Å². The van der Waals surface area contributed by atoms with Crippen LogP contribution in [0.2, 0.25) is 0 Å². The van der Waals surface area contributed by atoms with Crippen molar-refractivity contribution in [1.29, 1.82) is 0 Å². The summed E-state index contributed by atoms with van der Waals surface area (Å²) in [7, 11) is 0. The molecule has 0 aliphatic carbocycles. The first-order chi connectivity index (χ1) is 9.96. The van der Waals surface area contributed by atoms with Gasteiger partial charge in [0.1, 0.15) is 5.60 Å². The third-order valence-corrected chi connectivity index (χ3v) is 5.00. The van der Waals surface area contributed by atoms with E-state index in [2.05, 4.69) is 6.58 Å². The van der Waals surface area contributed by atoms with E-state index in [1.54, 1.807) is 11.8 Å². The molecule has 2 atom stereocenters. The molecule has 0 saturated heterocycles. The van der Waals surface area contributed by atoms with Gasteiger partial charge in [-0.3, -0.25) is 0 Å². The summed E-state index contributed by atoms with van der Waals surface area (Å²) in [6.45, 7) is 7.85. The van der Waals surface area contributed by atoms with Gasteiger partial charge in [0.15, 0.2) is 0 Å². The molecule has 110 valence electrons. The molecule has 0 fully saturated rings. The van der Waals surface area contributed by atoms with Crippen LogP contribution in [0, 0.1) is 0 Å². The molecule has 3 N–H and O–H groups in total. The first kappa shape index (κ1) is 15.7. The van der Waals surface area contributed by atoms with Crippen molar-refractivity contribution < 1.29 is 5.11 Å². The van der Waals surface area contributed by atoms with Crippen LogP contribution in [0.3, 0.4) is 0 Å². The molecule has 2 aromatic carbocycles. The highest BCUT2D eigenvalue weighted by Gasteiger charge is 2.37. The van der Waals surface area contributed by atoms with Gasteiger partial charge >= 0.3 is 0 Å². The highest BCUT2D eigenvalue weighted by molar-refractivity contribution is 8.00. The van der Waals surface area contributed by atoms with Crippen molar-refractivity contribution in [2.24, 2.45) is 0 Å². The lowest BCUT2D eigenvalue weighted by atomic mass is 9.85. The zero-order chi connectivity index (χ0) is 15.5. The molecule has 0 aliphatic rings. The third-order valence-electron chi connectivity index (χ3n) is 3.68. The average molecular weight is 299 g/mol. The van der Waals surface area contributed by atoms with E-state index in [0.29, 0.717) is 0 Å². The standard InChI is InChI=1S/C18H21NOS/c1-13(2)18(20,15-9-5-4-6-10-15)14(3)21-17-12-8-7-11-16(17)19/h4-12,14,20H,1,19H2,2-3H3/t14-,18+/m0/s1. The summed E-state index contributed by atoms with van der Waals surface area (Å²) in [6, 6.07) is 17.4. The molecule has 0 saturated carbocycles. The first-order valence-corrected chi connectivity index (χ1v) is 7.79. The molecule has 0 spiro atoms. The number of benzene rings is 2. The lowest BCUT2D eigenvalue weighted by molar-refractivity contribution is 0.0786. The molecule has 3 heteroatoms. The number of nitrogen functional groups attached to an aromatic ring is 1. The number of hydrogen-bond donors (Lipinski definition) is 2. The fourth-order valence-electron chi connectivity index (χ4n) is 2.38. The molecule has 21 heavy (non-hydrogen) atoms. The Labute approximate surface area is 130 Å². The van der Waals surface area contributed by atoms with E-state index in [1.165, 1.54) is 0 Å². The lowest BCUT2D eigenvalue weighted by Gasteiger charge is -2.35. The first-order valence-electron chi connectivity index (χ1n) is 6.91. The quantitative estimate of drug-likeness (QED) is 0.494. The number of para-hydroxylation sites is 1. The van der Waals surface area contributed by atoms with Crippen molar-refractivity contribution >= 4 is 17.4 Å². The summed E-state index contributed by atoms with van der Waals surface area (Å²) >= 11 is 1.56. The minimum Gasteiger partial charge on any atom is -0.398 e. The Balaban J connectivity index is 2.35. The third kappa shape index (κ3) is 3.14. The van der Waals surface area contributed by atoms with Gasteiger partial charge in [-0.15, -0.1) is 11.8 Å². The Morgan fingerprint density at radius 1 is 1.14 bits per heavy atom. The minimum absolute atomic E-state index is 0.109. The van der Waals surface area contributed by atoms with Gasteiger partial charge in [-0.05, 0) is 37.1 Å². The Morgan fingerprint density at radius 2 is 1.71 bits per heavy atom. The van der Waals surface area contributed by atoms with E-state index in [-0.39, 0.29) is 5.25 Å². The van der Waals surface area contributed by atoms with Crippen molar-refractivity contribution in [1.82, 2.24) is 0 Å². The highest BCUT2D eigenvalue weighted by atomic mass is 32.2. The smallest absolute Gasteiger partial charge is 0.122 e. The summed E-state index contributed by atoms with van der Waals surface area (Å²) in [5.41, 5.74) is 7.22. The summed E-state index contributed by atoms with van der Waals surface area (Å²) < 4.78 is 0. The number of anilines is 1. The predicted molar refractivity (Wildman–Crippen MR) is 91.3 cm³/mol. The van der Waals surface area contributed by atoms with Crippen molar-refractivity contribution in [2.45, 2.75) is 29.6 Å². The Morgan fingerprint density at radius 3 is 2.29 bits per heavy atom. The van der Waals surface area contributed by atoms with Crippen molar-refractivity contribution in [3.63, 3.8) is 0 Å². The van der Waals surface area contributed by atoms with Gasteiger partial charge < -0.3 is 10.8 Å². The number of aliphatic hydroxyl groups is 1. The van der Waals surface area contributed by atoms with Crippen LogP contribution in [0.25, 0.3) is 0 Å². The largest absolute Gasteiger partial charge is 0.398 e. The second-order valence-electron chi connectivity index (χ2n) is 5.21. The number of nitrogens with two attached hydrogens (primary N) is 1. The van der Waals surface area contributed by atoms with E-state index in [0.717, 1.165) is 21.7 Å². The predicted octanol–water partition coefficient (Wildman–Crippen LogP) is 4.21. The minimum atomic E-state index is -1.09. The second kappa shape index (κ2) is 6.37. The van der Waals surface area contributed by atoms with Crippen molar-refractivity contribution in [3.05, 3.63) is 72.3 Å². The molecule has 0 aromatic heterocycles. The molecular formula is C18H21NOS. The maximum atomic E-state index is 11.2. The fraction of sp³-hybridized carbons (Fsp3) is 0.222. The van der Waals surface area contributed by atoms with Gasteiger partial charge in [0, 0.05) is 15.8 Å². The van der Waals surface area contributed by atoms with Crippen molar-refractivity contribution in [2.75, 3.05) is 5.73 Å². The molecule has 0 unspecified atom stereocenters. The second-order valence-corrected chi connectivity index (χ2v) is 6.59. The van der Waals surface area contributed by atoms with Crippen LogP contribution in [-0.2, 0) is 5.60 Å². The summed E-state index contributed by atoms with van der Waals surface area (Å²) in [6.07, 6.45) is 0. The van der Waals surface area contributed by atoms with Crippen LogP contribution in [0.5, 0.6) is 0 Å². The molecule has 0 radical (unpaired) electrons. The van der Waals surface area contributed by atoms with E-state index in [1.807, 2.05) is 68.4 Å². The molecule has 0 heterocycles. The fourth-order valence-corrected chi connectivity index (χ4v) is 3.63. The van der Waals surface area contributed by atoms with Crippen LogP contribution in [-0.4, -0.2) is 10.4 Å². The Bertz CT molecular complexity index is 626. The van der Waals surface area contributed by atoms with E-state index in [4.69, 9.17) is 5.73 Å². The van der Waals surface area contributed by atoms with Gasteiger partial charge in [-0.2, -0.15) is 0 Å². The van der Waals surface area contributed by atoms with Crippen molar-refractivity contribution in [3.8, 4) is 0 Å². The Hall–Kier alpha value is -1.71. The van der Waals surface area contributed by atoms with Gasteiger partial charge in [-0.1, -0.05) is 49.0 Å². The monoisotopic (exact) mass is 299 g/mol. The average Bonchev–Trinajstić information content (AvgIpc) is 2.49. The molecular weight excluding hydrogens is 278 g/mol. The van der Waals surface area contributed by atoms with Crippen LogP contribution in [0.4, 0.5) is 5.69 Å². The van der Waals surface area contributed by atoms with Gasteiger partial charge in [-0.25, -0.2) is 0 Å². The van der Waals surface area contributed by atoms with Crippen LogP contribution in [0.1, 0.15) is 19.4 Å². The van der Waals surface area contributed by atoms with Crippen LogP contribution < -0.4 is 5.73 Å². The molecule has 0 amide bonds. The van der Waals surface area contributed by atoms with Gasteiger partial charge in [0.25, 0.3) is 0 Å². The molecule has 0 aliphatic heterocycles. The van der Waals surface area contributed by atoms with Crippen LogP contribution in [0.15, 0.2) is 71.6 Å². The molecule has 2 rings (SSSR count). The maximum Gasteiger partial charge on any atom is 0.122 e. The maximum absolute atomic E-state index is 11.2. The van der Waals surface area contributed by atoms with E-state index in [9.17, 15) is 5.11 Å². The van der Waals surface area contributed by atoms with Crippen LogP contribution >= 0.6 is 11.8 Å². The number of rotatable bonds is 5. The topological polar surface area (TPSA) is 46.2 Å². The zero-order valence-electron chi connectivity index (χ0n) is 12.4. The number of thioether (sulfide) groups is 1. The summed E-state index contributed by atoms with van der Waals surface area (Å²) in [5, 5.41) is 11.1. The number of hydrogen-bond acceptors (Lipinski definition) is 3. The molecule has 2 nitrogen and oxygen atoms in total. The summed E-state index contributed by atoms with van der Waals surface area (Å²) in [4.78, 5) is 0.973. The zero-order valence-corrected chi connectivity index (χ0v) is 13.2. The molecule has 2 aromatic rings. The lowest BCUT2D eigenvalue weighted by Crippen LogP contribution is -2.36. The normalized spacial score (nSPS) is 15.2. The SMILES string of the molecule is C=C(C)[C@](O)(c1ccccc1)[C@H](C)Sc1ccccc1N. The van der Waals surface area contributed by atoms with E-state index >= 15 is 0 Å². The summed E-state index contributed by atoms with van der Waals surface area (Å²) in [5.74, 6) is 0. The molecule has 0 bridgehead atoms. The van der Waals surface area contributed by atoms with E-state index < -0.39 is 5.60 Å².